The molecule has 24 heavy (non-hydrogen) atoms. The van der Waals surface area contributed by atoms with Crippen LogP contribution >= 0.6 is 0 Å². The Balaban J connectivity index is 1.78. The van der Waals surface area contributed by atoms with Gasteiger partial charge in [0, 0.05) is 38.4 Å². The molecule has 1 saturated heterocycles. The molecule has 1 aliphatic rings. The monoisotopic (exact) mass is 330 g/mol. The fourth-order valence-corrected chi connectivity index (χ4v) is 2.91. The predicted molar refractivity (Wildman–Crippen MR) is 90.8 cm³/mol. The van der Waals surface area contributed by atoms with E-state index in [1.54, 1.807) is 26.7 Å². The number of hydrogen-bond donors (Lipinski definition) is 0. The van der Waals surface area contributed by atoms with Gasteiger partial charge >= 0.3 is 6.01 Å². The molecule has 0 N–H and O–H groups in total. The van der Waals surface area contributed by atoms with E-state index in [1.807, 2.05) is 12.1 Å². The van der Waals surface area contributed by atoms with Crippen LogP contribution in [0.1, 0.15) is 12.8 Å². The number of ether oxygens (including phenoxy) is 2. The van der Waals surface area contributed by atoms with Crippen LogP contribution in [0.2, 0.25) is 0 Å². The molecule has 0 spiro atoms. The molecule has 8 heteroatoms. The largest absolute Gasteiger partial charge is 0.481 e. The molecule has 3 rings (SSSR count). The summed E-state index contributed by atoms with van der Waals surface area (Å²) in [6, 6.07) is 4.43. The molecule has 3 heterocycles. The second-order valence-electron chi connectivity index (χ2n) is 5.68. The number of hydrogen-bond acceptors (Lipinski definition) is 8. The van der Waals surface area contributed by atoms with Crippen LogP contribution in [0.3, 0.4) is 0 Å². The zero-order valence-corrected chi connectivity index (χ0v) is 14.2. The van der Waals surface area contributed by atoms with E-state index >= 15 is 0 Å². The lowest BCUT2D eigenvalue weighted by Crippen LogP contribution is -2.47. The first-order chi connectivity index (χ1) is 11.7. The molecule has 0 saturated carbocycles. The van der Waals surface area contributed by atoms with Crippen molar-refractivity contribution in [3.8, 4) is 11.9 Å². The van der Waals surface area contributed by atoms with E-state index in [2.05, 4.69) is 36.8 Å². The molecule has 0 bridgehead atoms. The van der Waals surface area contributed by atoms with Crippen molar-refractivity contribution in [3.05, 3.63) is 24.7 Å². The first-order valence-corrected chi connectivity index (χ1v) is 7.92. The highest BCUT2D eigenvalue weighted by atomic mass is 16.5. The minimum atomic E-state index is 0.315. The van der Waals surface area contributed by atoms with Crippen LogP contribution in [0.15, 0.2) is 24.7 Å². The summed E-state index contributed by atoms with van der Waals surface area (Å²) in [7, 11) is 5.21. The highest BCUT2D eigenvalue weighted by molar-refractivity contribution is 5.45. The van der Waals surface area contributed by atoms with Crippen molar-refractivity contribution in [1.82, 2.24) is 19.9 Å². The second-order valence-corrected chi connectivity index (χ2v) is 5.68. The minimum Gasteiger partial charge on any atom is -0.481 e. The summed E-state index contributed by atoms with van der Waals surface area (Å²) in [5.41, 5.74) is 0. The first-order valence-electron chi connectivity index (χ1n) is 7.92. The molecule has 8 nitrogen and oxygen atoms in total. The van der Waals surface area contributed by atoms with Crippen molar-refractivity contribution in [2.45, 2.75) is 18.9 Å². The molecule has 2 aromatic heterocycles. The first kappa shape index (κ1) is 16.2. The number of anilines is 2. The number of piperidine rings is 1. The van der Waals surface area contributed by atoms with Gasteiger partial charge in [0.05, 0.1) is 14.2 Å². The summed E-state index contributed by atoms with van der Waals surface area (Å²) in [5.74, 6) is 2.25. The van der Waals surface area contributed by atoms with E-state index in [4.69, 9.17) is 9.47 Å². The van der Waals surface area contributed by atoms with Crippen LogP contribution in [0.4, 0.5) is 11.6 Å². The summed E-state index contributed by atoms with van der Waals surface area (Å²) in [4.78, 5) is 21.4. The maximum absolute atomic E-state index is 5.25. The Bertz CT molecular complexity index is 647. The predicted octanol–water partition coefficient (Wildman–Crippen LogP) is 1.39. The van der Waals surface area contributed by atoms with Crippen LogP contribution < -0.4 is 19.3 Å². The molecular formula is C16H22N6O2. The standard InChI is InChI=1S/C16H22N6O2/c1-21(13-6-7-17-11-18-13)12-5-4-8-22(10-12)14-9-15(23-2)20-16(19-14)24-3/h6-7,9,11-12H,4-5,8,10H2,1-3H3. The highest BCUT2D eigenvalue weighted by Crippen LogP contribution is 2.26. The third-order valence-corrected chi connectivity index (χ3v) is 4.26. The third-order valence-electron chi connectivity index (χ3n) is 4.26. The van der Waals surface area contributed by atoms with Gasteiger partial charge in [-0.3, -0.25) is 0 Å². The molecule has 1 fully saturated rings. The summed E-state index contributed by atoms with van der Waals surface area (Å²) in [5, 5.41) is 0. The topological polar surface area (TPSA) is 76.5 Å². The van der Waals surface area contributed by atoms with E-state index in [0.717, 1.165) is 37.6 Å². The summed E-state index contributed by atoms with van der Waals surface area (Å²) in [6.45, 7) is 1.79. The SMILES string of the molecule is COc1cc(N2CCCC(N(C)c3ccncn3)C2)nc(OC)n1. The Hall–Kier alpha value is -2.64. The number of nitrogens with zero attached hydrogens (tertiary/aromatic N) is 6. The minimum absolute atomic E-state index is 0.315. The average molecular weight is 330 g/mol. The van der Waals surface area contributed by atoms with E-state index in [0.29, 0.717) is 17.9 Å². The molecule has 0 aliphatic carbocycles. The van der Waals surface area contributed by atoms with Crippen LogP contribution in [-0.4, -0.2) is 60.3 Å². The third kappa shape index (κ3) is 3.47. The van der Waals surface area contributed by atoms with E-state index in [1.165, 1.54) is 0 Å². The quantitative estimate of drug-likeness (QED) is 0.814. The second kappa shape index (κ2) is 7.29. The van der Waals surface area contributed by atoms with Gasteiger partial charge in [-0.2, -0.15) is 9.97 Å². The Kier molecular flexibility index (Phi) is 4.93. The fraction of sp³-hybridized carbons (Fsp3) is 0.500. The Morgan fingerprint density at radius 1 is 1.25 bits per heavy atom. The van der Waals surface area contributed by atoms with Crippen LogP contribution in [0.5, 0.6) is 11.9 Å². The van der Waals surface area contributed by atoms with Crippen molar-refractivity contribution in [2.24, 2.45) is 0 Å². The molecule has 0 radical (unpaired) electrons. The normalized spacial score (nSPS) is 17.5. The molecular weight excluding hydrogens is 308 g/mol. The lowest BCUT2D eigenvalue weighted by atomic mass is 10.0. The van der Waals surface area contributed by atoms with Crippen LogP contribution in [-0.2, 0) is 0 Å². The molecule has 1 aliphatic heterocycles. The Morgan fingerprint density at radius 2 is 2.12 bits per heavy atom. The van der Waals surface area contributed by atoms with Crippen LogP contribution in [0.25, 0.3) is 0 Å². The summed E-state index contributed by atoms with van der Waals surface area (Å²) < 4.78 is 10.4. The van der Waals surface area contributed by atoms with Gasteiger partial charge in [-0.1, -0.05) is 0 Å². The zero-order valence-electron chi connectivity index (χ0n) is 14.2. The van der Waals surface area contributed by atoms with Crippen molar-refractivity contribution in [1.29, 1.82) is 0 Å². The van der Waals surface area contributed by atoms with Gasteiger partial charge in [0.1, 0.15) is 18.0 Å². The van der Waals surface area contributed by atoms with Gasteiger partial charge < -0.3 is 19.3 Å². The number of likely N-dealkylation sites (N-methyl/N-ethyl adjacent to an activating group) is 1. The number of methoxy groups -OCH3 is 2. The number of rotatable bonds is 5. The Labute approximate surface area is 141 Å². The number of aromatic nitrogens is 4. The highest BCUT2D eigenvalue weighted by Gasteiger charge is 2.25. The summed E-state index contributed by atoms with van der Waals surface area (Å²) >= 11 is 0. The molecule has 1 atom stereocenters. The van der Waals surface area contributed by atoms with Gasteiger partial charge in [-0.15, -0.1) is 0 Å². The van der Waals surface area contributed by atoms with Crippen LogP contribution in [0, 0.1) is 0 Å². The van der Waals surface area contributed by atoms with Crippen molar-refractivity contribution >= 4 is 11.6 Å². The van der Waals surface area contributed by atoms with Gasteiger partial charge in [-0.25, -0.2) is 9.97 Å². The molecule has 0 amide bonds. The van der Waals surface area contributed by atoms with Gasteiger partial charge in [0.15, 0.2) is 0 Å². The van der Waals surface area contributed by atoms with Crippen molar-refractivity contribution < 1.29 is 9.47 Å². The van der Waals surface area contributed by atoms with E-state index in [9.17, 15) is 0 Å². The molecule has 2 aromatic rings. The van der Waals surface area contributed by atoms with E-state index < -0.39 is 0 Å². The lowest BCUT2D eigenvalue weighted by molar-refractivity contribution is 0.351. The molecule has 1 unspecified atom stereocenters. The Morgan fingerprint density at radius 3 is 2.83 bits per heavy atom. The van der Waals surface area contributed by atoms with Gasteiger partial charge in [0.2, 0.25) is 5.88 Å². The smallest absolute Gasteiger partial charge is 0.321 e. The molecule has 0 aromatic carbocycles. The van der Waals surface area contributed by atoms with Crippen molar-refractivity contribution in [2.75, 3.05) is 44.2 Å². The average Bonchev–Trinajstić information content (AvgIpc) is 2.67. The van der Waals surface area contributed by atoms with Gasteiger partial charge in [-0.05, 0) is 18.9 Å². The van der Waals surface area contributed by atoms with E-state index in [-0.39, 0.29) is 0 Å². The van der Waals surface area contributed by atoms with Crippen molar-refractivity contribution in [3.63, 3.8) is 0 Å². The maximum Gasteiger partial charge on any atom is 0.321 e. The zero-order chi connectivity index (χ0) is 16.9. The lowest BCUT2D eigenvalue weighted by Gasteiger charge is -2.38. The maximum atomic E-state index is 5.25. The molecule has 128 valence electrons. The summed E-state index contributed by atoms with van der Waals surface area (Å²) in [6.07, 6.45) is 5.53. The fourth-order valence-electron chi connectivity index (χ4n) is 2.91. The van der Waals surface area contributed by atoms with Gasteiger partial charge in [0.25, 0.3) is 0 Å².